The van der Waals surface area contributed by atoms with Crippen LogP contribution in [0, 0.1) is 19.8 Å². The van der Waals surface area contributed by atoms with Gasteiger partial charge >= 0.3 is 5.97 Å². The number of hydrogen-bond donors (Lipinski definition) is 1. The third kappa shape index (κ3) is 4.57. The topological polar surface area (TPSA) is 62.5 Å². The van der Waals surface area contributed by atoms with E-state index < -0.39 is 5.97 Å². The van der Waals surface area contributed by atoms with Crippen molar-refractivity contribution in [3.8, 4) is 0 Å². The number of aromatic nitrogens is 1. The molecule has 0 aromatic carbocycles. The predicted octanol–water partition coefficient (Wildman–Crippen LogP) is 3.05. The molecule has 0 aliphatic carbocycles. The van der Waals surface area contributed by atoms with Crippen LogP contribution in [0.25, 0.3) is 0 Å². The molecule has 5 nitrogen and oxygen atoms in total. The fourth-order valence-corrected chi connectivity index (χ4v) is 3.64. The molecule has 0 spiro atoms. The second-order valence-corrected chi connectivity index (χ2v) is 6.78. The van der Waals surface area contributed by atoms with E-state index in [-0.39, 0.29) is 12.2 Å². The van der Waals surface area contributed by atoms with Crippen molar-refractivity contribution < 1.29 is 14.7 Å². The predicted molar refractivity (Wildman–Crippen MR) is 94.5 cm³/mol. The molecule has 24 heavy (non-hydrogen) atoms. The maximum atomic E-state index is 12.7. The Morgan fingerprint density at radius 3 is 2.83 bits per heavy atom. The van der Waals surface area contributed by atoms with Gasteiger partial charge in [0.25, 0.3) is 0 Å². The van der Waals surface area contributed by atoms with Gasteiger partial charge in [-0.05, 0) is 51.6 Å². The number of piperidine rings is 1. The molecule has 1 atom stereocenters. The number of hydrogen-bond acceptors (Lipinski definition) is 3. The Labute approximate surface area is 144 Å². The van der Waals surface area contributed by atoms with Gasteiger partial charge in [0, 0.05) is 36.5 Å². The van der Waals surface area contributed by atoms with E-state index in [1.165, 1.54) is 0 Å². The highest BCUT2D eigenvalue weighted by Gasteiger charge is 2.24. The van der Waals surface area contributed by atoms with Crippen LogP contribution in [0.1, 0.15) is 47.4 Å². The van der Waals surface area contributed by atoms with Crippen molar-refractivity contribution in [2.75, 3.05) is 19.6 Å². The van der Waals surface area contributed by atoms with E-state index in [1.54, 1.807) is 0 Å². The maximum Gasteiger partial charge on any atom is 0.303 e. The van der Waals surface area contributed by atoms with E-state index >= 15 is 0 Å². The Kier molecular flexibility index (Phi) is 6.37. The van der Waals surface area contributed by atoms with Gasteiger partial charge in [-0.2, -0.15) is 0 Å². The molecule has 1 saturated heterocycles. The highest BCUT2D eigenvalue weighted by Crippen LogP contribution is 2.22. The van der Waals surface area contributed by atoms with Crippen LogP contribution in [0.2, 0.25) is 0 Å². The summed E-state index contributed by atoms with van der Waals surface area (Å²) in [6.45, 7) is 10.6. The second-order valence-electron chi connectivity index (χ2n) is 6.78. The summed E-state index contributed by atoms with van der Waals surface area (Å²) in [4.78, 5) is 25.6. The number of likely N-dealkylation sites (tertiary alicyclic amines) is 1. The quantitative estimate of drug-likeness (QED) is 0.587. The number of allylic oxidation sites excluding steroid dienone is 1. The molecule has 1 aliphatic rings. The molecule has 2 rings (SSSR count). The van der Waals surface area contributed by atoms with Gasteiger partial charge in [0.05, 0.1) is 6.54 Å². The number of ketones is 1. The Balaban J connectivity index is 1.97. The van der Waals surface area contributed by atoms with Crippen LogP contribution < -0.4 is 0 Å². The van der Waals surface area contributed by atoms with E-state index in [9.17, 15) is 9.59 Å². The Hall–Kier alpha value is -1.88. The molecule has 0 amide bonds. The zero-order chi connectivity index (χ0) is 17.7. The highest BCUT2D eigenvalue weighted by atomic mass is 16.4. The van der Waals surface area contributed by atoms with Gasteiger partial charge in [0.2, 0.25) is 0 Å². The van der Waals surface area contributed by atoms with Gasteiger partial charge in [0.1, 0.15) is 0 Å². The zero-order valence-electron chi connectivity index (χ0n) is 14.8. The SMILES string of the molecule is C=CCn1c(C)cc(C(=O)CN2CCCC(CCC(=O)O)C2)c1C. The molecule has 1 aromatic rings. The number of Topliss-reactive ketones (excluding diaryl/α,β-unsaturated/α-hetero) is 1. The molecule has 0 bridgehead atoms. The van der Waals surface area contributed by atoms with E-state index in [1.807, 2.05) is 26.0 Å². The lowest BCUT2D eigenvalue weighted by molar-refractivity contribution is -0.137. The molecular formula is C19H28N2O3. The molecule has 0 saturated carbocycles. The van der Waals surface area contributed by atoms with Crippen molar-refractivity contribution in [1.82, 2.24) is 9.47 Å². The molecular weight excluding hydrogens is 304 g/mol. The lowest BCUT2D eigenvalue weighted by Gasteiger charge is -2.32. The first-order valence-corrected chi connectivity index (χ1v) is 8.67. The van der Waals surface area contributed by atoms with Crippen LogP contribution in [0.4, 0.5) is 0 Å². The van der Waals surface area contributed by atoms with E-state index in [2.05, 4.69) is 16.0 Å². The largest absolute Gasteiger partial charge is 0.481 e. The summed E-state index contributed by atoms with van der Waals surface area (Å²) in [5, 5.41) is 8.83. The first kappa shape index (κ1) is 18.5. The summed E-state index contributed by atoms with van der Waals surface area (Å²) in [5.74, 6) is -0.203. The summed E-state index contributed by atoms with van der Waals surface area (Å²) >= 11 is 0. The standard InChI is InChI=1S/C19H28N2O3/c1-4-9-21-14(2)11-17(15(21)3)18(22)13-20-10-5-6-16(12-20)7-8-19(23)24/h4,11,16H,1,5-10,12-13H2,2-3H3,(H,23,24). The Morgan fingerprint density at radius 1 is 1.42 bits per heavy atom. The van der Waals surface area contributed by atoms with Gasteiger partial charge in [-0.1, -0.05) is 6.08 Å². The van der Waals surface area contributed by atoms with Crippen LogP contribution >= 0.6 is 0 Å². The van der Waals surface area contributed by atoms with E-state index in [0.29, 0.717) is 25.4 Å². The number of aliphatic carboxylic acids is 1. The second kappa shape index (κ2) is 8.29. The fourth-order valence-electron chi connectivity index (χ4n) is 3.64. The fraction of sp³-hybridized carbons (Fsp3) is 0.579. The number of carbonyl (C=O) groups excluding carboxylic acids is 1. The smallest absolute Gasteiger partial charge is 0.303 e. The average Bonchev–Trinajstić information content (AvgIpc) is 2.82. The lowest BCUT2D eigenvalue weighted by atomic mass is 9.93. The van der Waals surface area contributed by atoms with Crippen LogP contribution in [-0.2, 0) is 11.3 Å². The first-order valence-electron chi connectivity index (χ1n) is 8.67. The van der Waals surface area contributed by atoms with Crippen LogP contribution in [0.15, 0.2) is 18.7 Å². The van der Waals surface area contributed by atoms with Gasteiger partial charge in [-0.3, -0.25) is 14.5 Å². The number of rotatable bonds is 8. The van der Waals surface area contributed by atoms with Crippen molar-refractivity contribution in [1.29, 1.82) is 0 Å². The molecule has 1 aromatic heterocycles. The minimum absolute atomic E-state index is 0.150. The zero-order valence-corrected chi connectivity index (χ0v) is 14.8. The summed E-state index contributed by atoms with van der Waals surface area (Å²) < 4.78 is 2.10. The third-order valence-electron chi connectivity index (χ3n) is 4.92. The van der Waals surface area contributed by atoms with Crippen LogP contribution in [0.5, 0.6) is 0 Å². The molecule has 1 N–H and O–H groups in total. The van der Waals surface area contributed by atoms with Crippen molar-refractivity contribution in [2.24, 2.45) is 5.92 Å². The maximum absolute atomic E-state index is 12.7. The van der Waals surface area contributed by atoms with Gasteiger partial charge in [-0.25, -0.2) is 0 Å². The molecule has 132 valence electrons. The number of carboxylic acids is 1. The number of carbonyl (C=O) groups is 2. The lowest BCUT2D eigenvalue weighted by Crippen LogP contribution is -2.39. The molecule has 0 radical (unpaired) electrons. The summed E-state index contributed by atoms with van der Waals surface area (Å²) in [6.07, 6.45) is 4.86. The van der Waals surface area contributed by atoms with Crippen LogP contribution in [0.3, 0.4) is 0 Å². The van der Waals surface area contributed by atoms with E-state index in [0.717, 1.165) is 42.9 Å². The highest BCUT2D eigenvalue weighted by molar-refractivity contribution is 5.99. The summed E-state index contributed by atoms with van der Waals surface area (Å²) in [5.41, 5.74) is 2.87. The molecule has 5 heteroatoms. The first-order chi connectivity index (χ1) is 11.4. The van der Waals surface area contributed by atoms with Crippen molar-refractivity contribution in [3.63, 3.8) is 0 Å². The molecule has 1 unspecified atom stereocenters. The third-order valence-corrected chi connectivity index (χ3v) is 4.92. The molecule has 2 heterocycles. The Morgan fingerprint density at radius 2 is 2.17 bits per heavy atom. The number of carboxylic acid groups (broad SMARTS) is 1. The minimum atomic E-state index is -0.738. The number of nitrogens with zero attached hydrogens (tertiary/aromatic N) is 2. The van der Waals surface area contributed by atoms with Crippen molar-refractivity contribution in [3.05, 3.63) is 35.7 Å². The molecule has 1 fully saturated rings. The molecule has 1 aliphatic heterocycles. The average molecular weight is 332 g/mol. The van der Waals surface area contributed by atoms with Gasteiger partial charge < -0.3 is 9.67 Å². The number of aryl methyl sites for hydroxylation is 1. The van der Waals surface area contributed by atoms with Gasteiger partial charge in [0.15, 0.2) is 5.78 Å². The summed E-state index contributed by atoms with van der Waals surface area (Å²) in [7, 11) is 0. The van der Waals surface area contributed by atoms with Crippen molar-refractivity contribution >= 4 is 11.8 Å². The van der Waals surface area contributed by atoms with Crippen LogP contribution in [-0.4, -0.2) is 46.0 Å². The Bertz CT molecular complexity index is 618. The minimum Gasteiger partial charge on any atom is -0.481 e. The normalized spacial score (nSPS) is 18.5. The van der Waals surface area contributed by atoms with Gasteiger partial charge in [-0.15, -0.1) is 6.58 Å². The van der Waals surface area contributed by atoms with E-state index in [4.69, 9.17) is 5.11 Å². The monoisotopic (exact) mass is 332 g/mol. The summed E-state index contributed by atoms with van der Waals surface area (Å²) in [6, 6.07) is 1.97. The van der Waals surface area contributed by atoms with Crippen molar-refractivity contribution in [2.45, 2.75) is 46.1 Å².